The lowest BCUT2D eigenvalue weighted by Gasteiger charge is -2.17. The van der Waals surface area contributed by atoms with Crippen molar-refractivity contribution in [3.63, 3.8) is 0 Å². The van der Waals surface area contributed by atoms with Crippen molar-refractivity contribution < 1.29 is 14.9 Å². The number of aromatic nitrogens is 5. The molecule has 0 aliphatic carbocycles. The molecule has 0 aromatic carbocycles. The molecule has 2 aromatic rings. The highest BCUT2D eigenvalue weighted by molar-refractivity contribution is 5.14. The lowest BCUT2D eigenvalue weighted by Crippen LogP contribution is -2.38. The molecule has 0 bridgehead atoms. The van der Waals surface area contributed by atoms with Crippen LogP contribution >= 0.6 is 0 Å². The molecule has 3 N–H and O–H groups in total. The Morgan fingerprint density at radius 3 is 2.62 bits per heavy atom. The van der Waals surface area contributed by atoms with Crippen LogP contribution < -0.4 is 11.2 Å². The topological polar surface area (TPSA) is 135 Å². The first-order valence-corrected chi connectivity index (χ1v) is 7.65. The molecule has 0 saturated carbocycles. The normalized spacial score (nSPS) is 26.8. The predicted molar refractivity (Wildman–Crippen MR) is 81.4 cm³/mol. The van der Waals surface area contributed by atoms with Crippen LogP contribution in [0, 0.1) is 0 Å². The molecule has 0 radical (unpaired) electrons. The van der Waals surface area contributed by atoms with Crippen LogP contribution in [0.2, 0.25) is 0 Å². The lowest BCUT2D eigenvalue weighted by molar-refractivity contribution is -0.0352. The SMILES string of the molecule is CCn1cc(Cc2cn([C@@H]3O[C@H](C)C(O)[C@@H]3O)c(=O)[nH]c2=O)nn1. The van der Waals surface area contributed by atoms with Gasteiger partial charge in [0, 0.05) is 30.9 Å². The summed E-state index contributed by atoms with van der Waals surface area (Å²) in [6.45, 7) is 4.16. The van der Waals surface area contributed by atoms with Gasteiger partial charge in [-0.05, 0) is 13.8 Å². The number of hydrogen-bond acceptors (Lipinski definition) is 7. The van der Waals surface area contributed by atoms with Crippen molar-refractivity contribution in [2.75, 3.05) is 0 Å². The molecule has 10 heteroatoms. The molecule has 1 saturated heterocycles. The van der Waals surface area contributed by atoms with Crippen LogP contribution in [0.15, 0.2) is 22.0 Å². The van der Waals surface area contributed by atoms with Crippen molar-refractivity contribution in [3.05, 3.63) is 44.5 Å². The Bertz CT molecular complexity index is 841. The maximum Gasteiger partial charge on any atom is 0.330 e. The molecule has 1 fully saturated rings. The summed E-state index contributed by atoms with van der Waals surface area (Å²) in [5, 5.41) is 27.7. The van der Waals surface area contributed by atoms with Crippen molar-refractivity contribution in [2.45, 2.75) is 51.4 Å². The number of aliphatic hydroxyl groups excluding tert-OH is 2. The molecule has 1 aliphatic heterocycles. The van der Waals surface area contributed by atoms with Gasteiger partial charge in [-0.3, -0.25) is 19.0 Å². The predicted octanol–water partition coefficient (Wildman–Crippen LogP) is -1.62. The van der Waals surface area contributed by atoms with E-state index in [1.54, 1.807) is 17.8 Å². The number of ether oxygens (including phenoxy) is 1. The van der Waals surface area contributed by atoms with Gasteiger partial charge in [0.25, 0.3) is 5.56 Å². The minimum absolute atomic E-state index is 0.177. The second kappa shape index (κ2) is 6.30. The van der Waals surface area contributed by atoms with Gasteiger partial charge < -0.3 is 14.9 Å². The van der Waals surface area contributed by atoms with Gasteiger partial charge in [0.2, 0.25) is 0 Å². The number of nitrogens with one attached hydrogen (secondary N) is 1. The Morgan fingerprint density at radius 2 is 2.04 bits per heavy atom. The Balaban J connectivity index is 1.94. The summed E-state index contributed by atoms with van der Waals surface area (Å²) in [6.07, 6.45) is -0.858. The summed E-state index contributed by atoms with van der Waals surface area (Å²) in [5.41, 5.74) is -0.397. The molecule has 4 atom stereocenters. The van der Waals surface area contributed by atoms with Crippen LogP contribution in [0.4, 0.5) is 0 Å². The third-order valence-electron chi connectivity index (χ3n) is 4.07. The van der Waals surface area contributed by atoms with Crippen LogP contribution in [0.3, 0.4) is 0 Å². The molecule has 1 unspecified atom stereocenters. The molecule has 3 rings (SSSR count). The highest BCUT2D eigenvalue weighted by Gasteiger charge is 2.41. The third kappa shape index (κ3) is 2.90. The summed E-state index contributed by atoms with van der Waals surface area (Å²) in [7, 11) is 0. The number of H-pyrrole nitrogens is 1. The van der Waals surface area contributed by atoms with Crippen molar-refractivity contribution in [1.82, 2.24) is 24.5 Å². The summed E-state index contributed by atoms with van der Waals surface area (Å²) >= 11 is 0. The summed E-state index contributed by atoms with van der Waals surface area (Å²) in [4.78, 5) is 26.3. The van der Waals surface area contributed by atoms with Gasteiger partial charge in [0.15, 0.2) is 6.23 Å². The fourth-order valence-electron chi connectivity index (χ4n) is 2.67. The summed E-state index contributed by atoms with van der Waals surface area (Å²) in [6, 6.07) is 0. The van der Waals surface area contributed by atoms with Crippen molar-refractivity contribution in [3.8, 4) is 0 Å². The van der Waals surface area contributed by atoms with Gasteiger partial charge in [0.1, 0.15) is 12.2 Å². The van der Waals surface area contributed by atoms with E-state index in [1.807, 2.05) is 6.92 Å². The average Bonchev–Trinajstić information content (AvgIpc) is 3.10. The maximum atomic E-state index is 12.0. The fraction of sp³-hybridized carbons (Fsp3) is 0.571. The molecule has 10 nitrogen and oxygen atoms in total. The first-order chi connectivity index (χ1) is 11.4. The van der Waals surface area contributed by atoms with Gasteiger partial charge in [-0.25, -0.2) is 4.79 Å². The molecule has 24 heavy (non-hydrogen) atoms. The second-order valence-corrected chi connectivity index (χ2v) is 5.78. The van der Waals surface area contributed by atoms with Crippen molar-refractivity contribution in [1.29, 1.82) is 0 Å². The molecule has 0 amide bonds. The molecule has 2 aromatic heterocycles. The number of nitrogens with zero attached hydrogens (tertiary/aromatic N) is 4. The molecular weight excluding hydrogens is 318 g/mol. The molecular formula is C14H19N5O5. The Morgan fingerprint density at radius 1 is 1.29 bits per heavy atom. The zero-order valence-corrected chi connectivity index (χ0v) is 13.3. The first-order valence-electron chi connectivity index (χ1n) is 7.65. The summed E-state index contributed by atoms with van der Waals surface area (Å²) in [5.74, 6) is 0. The van der Waals surface area contributed by atoms with Crippen LogP contribution in [0.1, 0.15) is 31.3 Å². The Labute approximate surface area is 136 Å². The quantitative estimate of drug-likeness (QED) is 0.610. The Hall–Kier alpha value is -2.30. The van der Waals surface area contributed by atoms with E-state index < -0.39 is 35.8 Å². The van der Waals surface area contributed by atoms with Crippen LogP contribution in [0.5, 0.6) is 0 Å². The maximum absolute atomic E-state index is 12.0. The van der Waals surface area contributed by atoms with Gasteiger partial charge in [0.05, 0.1) is 11.8 Å². The number of aromatic amines is 1. The largest absolute Gasteiger partial charge is 0.388 e. The van der Waals surface area contributed by atoms with Gasteiger partial charge in [-0.15, -0.1) is 5.10 Å². The number of rotatable bonds is 4. The standard InChI is InChI=1S/C14H19N5O5/c1-3-18-6-9(16-17-18)4-8-5-19(14(23)15-12(8)22)13-11(21)10(20)7(2)24-13/h5-7,10-11,13,20-21H,3-4H2,1-2H3,(H,15,22,23)/t7-,10?,11+,13-/m1/s1. The smallest absolute Gasteiger partial charge is 0.330 e. The van der Waals surface area contributed by atoms with E-state index in [9.17, 15) is 19.8 Å². The lowest BCUT2D eigenvalue weighted by atomic mass is 10.1. The highest BCUT2D eigenvalue weighted by atomic mass is 16.6. The Kier molecular flexibility index (Phi) is 4.35. The van der Waals surface area contributed by atoms with Crippen LogP contribution in [0.25, 0.3) is 0 Å². The third-order valence-corrected chi connectivity index (χ3v) is 4.07. The molecule has 0 spiro atoms. The minimum atomic E-state index is -1.27. The van der Waals surface area contributed by atoms with Crippen LogP contribution in [-0.2, 0) is 17.7 Å². The van der Waals surface area contributed by atoms with Gasteiger partial charge >= 0.3 is 5.69 Å². The molecule has 3 heterocycles. The van der Waals surface area contributed by atoms with Gasteiger partial charge in [-0.2, -0.15) is 0 Å². The fourth-order valence-corrected chi connectivity index (χ4v) is 2.67. The van der Waals surface area contributed by atoms with E-state index in [-0.39, 0.29) is 12.0 Å². The van der Waals surface area contributed by atoms with E-state index in [2.05, 4.69) is 15.3 Å². The van der Waals surface area contributed by atoms with E-state index in [0.717, 1.165) is 4.57 Å². The van der Waals surface area contributed by atoms with E-state index in [0.29, 0.717) is 12.2 Å². The number of aliphatic hydroxyl groups is 2. The molecule has 1 aliphatic rings. The molecule has 130 valence electrons. The van der Waals surface area contributed by atoms with Crippen molar-refractivity contribution in [2.24, 2.45) is 0 Å². The average molecular weight is 337 g/mol. The zero-order valence-electron chi connectivity index (χ0n) is 13.3. The van der Waals surface area contributed by atoms with E-state index >= 15 is 0 Å². The minimum Gasteiger partial charge on any atom is -0.388 e. The van der Waals surface area contributed by atoms with E-state index in [1.165, 1.54) is 6.20 Å². The van der Waals surface area contributed by atoms with Crippen molar-refractivity contribution >= 4 is 0 Å². The number of aryl methyl sites for hydroxylation is 1. The zero-order chi connectivity index (χ0) is 17.4. The summed E-state index contributed by atoms with van der Waals surface area (Å²) < 4.78 is 8.14. The van der Waals surface area contributed by atoms with Crippen LogP contribution in [-0.4, -0.2) is 53.1 Å². The second-order valence-electron chi connectivity index (χ2n) is 5.78. The first kappa shape index (κ1) is 16.6. The monoisotopic (exact) mass is 337 g/mol. The van der Waals surface area contributed by atoms with E-state index in [4.69, 9.17) is 4.74 Å². The highest BCUT2D eigenvalue weighted by Crippen LogP contribution is 2.27. The van der Waals surface area contributed by atoms with Gasteiger partial charge in [-0.1, -0.05) is 5.21 Å². The number of hydrogen-bond donors (Lipinski definition) is 3.